The van der Waals surface area contributed by atoms with Gasteiger partial charge in [0, 0.05) is 29.7 Å². The summed E-state index contributed by atoms with van der Waals surface area (Å²) in [4.78, 5) is 17.3. The van der Waals surface area contributed by atoms with Crippen molar-refractivity contribution in [2.75, 3.05) is 26.2 Å². The molecule has 1 aliphatic carbocycles. The highest BCUT2D eigenvalue weighted by Gasteiger charge is 2.61. The van der Waals surface area contributed by atoms with E-state index >= 15 is 0 Å². The lowest BCUT2D eigenvalue weighted by molar-refractivity contribution is -0.148. The number of carbonyl (C=O) groups excluding carboxylic acids is 1. The zero-order valence-electron chi connectivity index (χ0n) is 17.5. The molecule has 3 atom stereocenters. The maximum absolute atomic E-state index is 12.2. The predicted molar refractivity (Wildman–Crippen MR) is 112 cm³/mol. The molecule has 2 saturated heterocycles. The first-order valence-corrected chi connectivity index (χ1v) is 11.3. The van der Waals surface area contributed by atoms with Gasteiger partial charge in [-0.1, -0.05) is 51.0 Å². The molecular formula is C24H34N2O2. The van der Waals surface area contributed by atoms with Crippen LogP contribution >= 0.6 is 0 Å². The average molecular weight is 383 g/mol. The fourth-order valence-corrected chi connectivity index (χ4v) is 5.45. The van der Waals surface area contributed by atoms with Gasteiger partial charge in [-0.15, -0.1) is 0 Å². The van der Waals surface area contributed by atoms with Crippen LogP contribution in [0.2, 0.25) is 0 Å². The van der Waals surface area contributed by atoms with Crippen molar-refractivity contribution in [1.82, 2.24) is 9.80 Å². The van der Waals surface area contributed by atoms with E-state index in [1.807, 2.05) is 0 Å². The Morgan fingerprint density at radius 1 is 1.25 bits per heavy atom. The number of unbranched alkanes of at least 4 members (excludes halogenated alkanes) is 2. The highest BCUT2D eigenvalue weighted by atomic mass is 16.6. The topological polar surface area (TPSA) is 32.8 Å². The summed E-state index contributed by atoms with van der Waals surface area (Å²) >= 11 is 0. The van der Waals surface area contributed by atoms with E-state index in [1.54, 1.807) is 6.08 Å². The van der Waals surface area contributed by atoms with E-state index < -0.39 is 5.60 Å². The number of carbonyl (C=O) groups is 1. The largest absolute Gasteiger partial charge is 0.449 e. The molecule has 0 aromatic heterocycles. The van der Waals surface area contributed by atoms with Crippen molar-refractivity contribution < 1.29 is 9.53 Å². The molecule has 0 unspecified atom stereocenters. The summed E-state index contributed by atoms with van der Waals surface area (Å²) < 4.78 is 5.98. The molecule has 4 heteroatoms. The van der Waals surface area contributed by atoms with Crippen LogP contribution in [0.25, 0.3) is 0 Å². The minimum absolute atomic E-state index is 0.178. The molecule has 0 aromatic rings. The van der Waals surface area contributed by atoms with Crippen LogP contribution in [-0.4, -0.2) is 59.6 Å². The van der Waals surface area contributed by atoms with Crippen LogP contribution in [0.4, 0.5) is 0 Å². The van der Waals surface area contributed by atoms with Crippen LogP contribution in [0.1, 0.15) is 65.2 Å². The predicted octanol–water partition coefficient (Wildman–Crippen LogP) is 3.68. The van der Waals surface area contributed by atoms with Gasteiger partial charge in [-0.25, -0.2) is 4.79 Å². The summed E-state index contributed by atoms with van der Waals surface area (Å²) in [6, 6.07) is 0.707. The second-order valence-corrected chi connectivity index (χ2v) is 8.75. The highest BCUT2D eigenvalue weighted by Crippen LogP contribution is 2.53. The monoisotopic (exact) mass is 382 g/mol. The molecule has 2 fully saturated rings. The Bertz CT molecular complexity index is 721. The second-order valence-electron chi connectivity index (χ2n) is 8.75. The first kappa shape index (κ1) is 19.7. The number of esters is 1. The molecule has 1 spiro atoms. The summed E-state index contributed by atoms with van der Waals surface area (Å²) in [5.41, 5.74) is 1.68. The Morgan fingerprint density at radius 3 is 2.79 bits per heavy atom. The molecule has 152 valence electrons. The molecule has 0 saturated carbocycles. The van der Waals surface area contributed by atoms with Gasteiger partial charge >= 0.3 is 5.97 Å². The molecule has 3 heterocycles. The Balaban J connectivity index is 1.53. The molecule has 0 aromatic carbocycles. The maximum Gasteiger partial charge on any atom is 0.332 e. The number of piperidine rings is 1. The van der Waals surface area contributed by atoms with E-state index in [1.165, 1.54) is 38.5 Å². The molecular weight excluding hydrogens is 348 g/mol. The van der Waals surface area contributed by atoms with Crippen LogP contribution in [0.15, 0.2) is 23.3 Å². The summed E-state index contributed by atoms with van der Waals surface area (Å²) in [6.45, 7) is 8.65. The minimum Gasteiger partial charge on any atom is -0.449 e. The number of nitrogens with zero attached hydrogens (tertiary/aromatic N) is 2. The third kappa shape index (κ3) is 3.55. The van der Waals surface area contributed by atoms with Gasteiger partial charge in [-0.2, -0.15) is 0 Å². The van der Waals surface area contributed by atoms with E-state index in [0.717, 1.165) is 50.2 Å². The number of fused-ring (bicyclic) bond motifs is 3. The Morgan fingerprint density at radius 2 is 2.04 bits per heavy atom. The summed E-state index contributed by atoms with van der Waals surface area (Å²) in [6.07, 6.45) is 13.4. The minimum atomic E-state index is -0.426. The molecule has 3 aliphatic heterocycles. The van der Waals surface area contributed by atoms with Crippen molar-refractivity contribution in [3.8, 4) is 11.8 Å². The van der Waals surface area contributed by atoms with Crippen LogP contribution in [0.3, 0.4) is 0 Å². The second kappa shape index (κ2) is 8.43. The Labute approximate surface area is 170 Å². The van der Waals surface area contributed by atoms with Crippen molar-refractivity contribution in [3.05, 3.63) is 23.3 Å². The first-order valence-electron chi connectivity index (χ1n) is 11.3. The zero-order chi connectivity index (χ0) is 19.6. The molecule has 2 bridgehead atoms. The quantitative estimate of drug-likeness (QED) is 0.497. The number of ether oxygens (including phenoxy) is 1. The lowest BCUT2D eigenvalue weighted by Gasteiger charge is -2.38. The Hall–Kier alpha value is -1.57. The molecule has 4 rings (SSSR count). The fourth-order valence-electron chi connectivity index (χ4n) is 5.45. The molecule has 0 radical (unpaired) electrons. The highest BCUT2D eigenvalue weighted by molar-refractivity contribution is 5.90. The number of hydrogen-bond donors (Lipinski definition) is 0. The van der Waals surface area contributed by atoms with Gasteiger partial charge in [-0.05, 0) is 45.3 Å². The van der Waals surface area contributed by atoms with Gasteiger partial charge in [0.2, 0.25) is 0 Å². The van der Waals surface area contributed by atoms with Crippen molar-refractivity contribution >= 4 is 5.97 Å². The van der Waals surface area contributed by atoms with Gasteiger partial charge in [0.1, 0.15) is 0 Å². The van der Waals surface area contributed by atoms with Crippen molar-refractivity contribution in [2.24, 2.45) is 0 Å². The SMILES string of the molecule is CCCCN(CC#CC1=C[C@@H]2C[C@@]3(OC(=O)C=C13)[C@H]1CCCCN21)CCCC. The van der Waals surface area contributed by atoms with Crippen molar-refractivity contribution in [2.45, 2.75) is 82.9 Å². The fraction of sp³-hybridized carbons (Fsp3) is 0.708. The van der Waals surface area contributed by atoms with E-state index in [9.17, 15) is 4.79 Å². The van der Waals surface area contributed by atoms with Gasteiger partial charge in [0.25, 0.3) is 0 Å². The van der Waals surface area contributed by atoms with Gasteiger partial charge in [0.05, 0.1) is 12.6 Å². The zero-order valence-corrected chi connectivity index (χ0v) is 17.5. The van der Waals surface area contributed by atoms with Crippen LogP contribution in [-0.2, 0) is 9.53 Å². The van der Waals surface area contributed by atoms with E-state index in [0.29, 0.717) is 12.1 Å². The van der Waals surface area contributed by atoms with Crippen LogP contribution < -0.4 is 0 Å². The van der Waals surface area contributed by atoms with E-state index in [4.69, 9.17) is 4.74 Å². The lowest BCUT2D eigenvalue weighted by Crippen LogP contribution is -2.48. The van der Waals surface area contributed by atoms with E-state index in [-0.39, 0.29) is 5.97 Å². The van der Waals surface area contributed by atoms with Gasteiger partial charge in [0.15, 0.2) is 5.60 Å². The summed E-state index contributed by atoms with van der Waals surface area (Å²) in [5.74, 6) is 6.70. The van der Waals surface area contributed by atoms with Gasteiger partial charge < -0.3 is 4.74 Å². The number of hydrogen-bond acceptors (Lipinski definition) is 4. The lowest BCUT2D eigenvalue weighted by atomic mass is 9.77. The molecule has 4 aliphatic rings. The number of rotatable bonds is 7. The standard InChI is InChI=1S/C24H34N2O2/c1-3-5-12-25(13-6-4-2)14-9-10-19-16-20-18-24(21(19)17-23(27)28-24)22-11-7-8-15-26(20)22/h16-17,20,22H,3-8,11-15,18H2,1-2H3/t20-,22-,24+/m1/s1. The third-order valence-corrected chi connectivity index (χ3v) is 6.85. The first-order chi connectivity index (χ1) is 13.7. The van der Waals surface area contributed by atoms with Crippen LogP contribution in [0, 0.1) is 11.8 Å². The molecule has 4 nitrogen and oxygen atoms in total. The van der Waals surface area contributed by atoms with E-state index in [2.05, 4.69) is 41.6 Å². The third-order valence-electron chi connectivity index (χ3n) is 6.85. The maximum atomic E-state index is 12.2. The normalized spacial score (nSPS) is 30.9. The van der Waals surface area contributed by atoms with Crippen molar-refractivity contribution in [1.29, 1.82) is 0 Å². The van der Waals surface area contributed by atoms with Crippen LogP contribution in [0.5, 0.6) is 0 Å². The molecule has 0 N–H and O–H groups in total. The summed E-state index contributed by atoms with van der Waals surface area (Å²) in [5, 5.41) is 0. The summed E-state index contributed by atoms with van der Waals surface area (Å²) in [7, 11) is 0. The Kier molecular flexibility index (Phi) is 5.94. The smallest absolute Gasteiger partial charge is 0.332 e. The molecule has 28 heavy (non-hydrogen) atoms. The van der Waals surface area contributed by atoms with Gasteiger partial charge in [-0.3, -0.25) is 9.80 Å². The average Bonchev–Trinajstić information content (AvgIpc) is 3.18. The molecule has 0 amide bonds. The van der Waals surface area contributed by atoms with Crippen molar-refractivity contribution in [3.63, 3.8) is 0 Å².